The van der Waals surface area contributed by atoms with Crippen LogP contribution >= 0.6 is 15.9 Å². The first-order valence-corrected chi connectivity index (χ1v) is 4.56. The maximum absolute atomic E-state index is 5.28. The van der Waals surface area contributed by atoms with Gasteiger partial charge in [-0.3, -0.25) is 0 Å². The summed E-state index contributed by atoms with van der Waals surface area (Å²) in [6.07, 6.45) is 0. The Labute approximate surface area is 80.2 Å². The number of ether oxygens (including phenoxy) is 1. The van der Waals surface area contributed by atoms with Crippen molar-refractivity contribution in [2.24, 2.45) is 0 Å². The van der Waals surface area contributed by atoms with Crippen LogP contribution in [0, 0.1) is 0 Å². The first-order valence-electron chi connectivity index (χ1n) is 3.77. The first-order chi connectivity index (χ1) is 5.83. The number of hydrogen-bond acceptors (Lipinski definition) is 3. The SMILES string of the molecule is COCCNCc1ccc(Br)o1. The van der Waals surface area contributed by atoms with E-state index in [2.05, 4.69) is 21.2 Å². The normalized spacial score (nSPS) is 10.5. The van der Waals surface area contributed by atoms with Gasteiger partial charge in [-0.2, -0.15) is 0 Å². The summed E-state index contributed by atoms with van der Waals surface area (Å²) in [6, 6.07) is 3.82. The van der Waals surface area contributed by atoms with Gasteiger partial charge in [-0.25, -0.2) is 0 Å². The molecule has 0 bridgehead atoms. The van der Waals surface area contributed by atoms with Crippen LogP contribution in [0.3, 0.4) is 0 Å². The Morgan fingerprint density at radius 3 is 3.00 bits per heavy atom. The molecule has 0 aliphatic rings. The molecule has 0 spiro atoms. The summed E-state index contributed by atoms with van der Waals surface area (Å²) in [5.74, 6) is 0.929. The highest BCUT2D eigenvalue weighted by molar-refractivity contribution is 9.10. The van der Waals surface area contributed by atoms with Crippen LogP contribution in [0.4, 0.5) is 0 Å². The zero-order valence-corrected chi connectivity index (χ0v) is 8.56. The molecule has 1 aromatic heterocycles. The molecular formula is C8H12BrNO2. The summed E-state index contributed by atoms with van der Waals surface area (Å²) in [4.78, 5) is 0. The van der Waals surface area contributed by atoms with Gasteiger partial charge in [-0.1, -0.05) is 0 Å². The van der Waals surface area contributed by atoms with Gasteiger partial charge in [0.15, 0.2) is 4.67 Å². The number of methoxy groups -OCH3 is 1. The van der Waals surface area contributed by atoms with Gasteiger partial charge < -0.3 is 14.5 Å². The standard InChI is InChI=1S/C8H12BrNO2/c1-11-5-4-10-6-7-2-3-8(9)12-7/h2-3,10H,4-6H2,1H3. The maximum Gasteiger partial charge on any atom is 0.169 e. The predicted molar refractivity (Wildman–Crippen MR) is 50.0 cm³/mol. The van der Waals surface area contributed by atoms with E-state index >= 15 is 0 Å². The first kappa shape index (κ1) is 9.77. The van der Waals surface area contributed by atoms with Gasteiger partial charge in [0.2, 0.25) is 0 Å². The molecule has 4 heteroatoms. The third kappa shape index (κ3) is 3.38. The molecule has 0 unspecified atom stereocenters. The van der Waals surface area contributed by atoms with E-state index in [4.69, 9.17) is 9.15 Å². The van der Waals surface area contributed by atoms with Crippen LogP contribution in [0.2, 0.25) is 0 Å². The predicted octanol–water partition coefficient (Wildman–Crippen LogP) is 1.78. The molecule has 0 saturated heterocycles. The fourth-order valence-electron chi connectivity index (χ4n) is 0.833. The molecule has 0 aliphatic carbocycles. The van der Waals surface area contributed by atoms with E-state index in [0.717, 1.165) is 30.1 Å². The topological polar surface area (TPSA) is 34.4 Å². The molecule has 0 saturated carbocycles. The second-order valence-electron chi connectivity index (χ2n) is 2.38. The number of furan rings is 1. The van der Waals surface area contributed by atoms with Crippen molar-refractivity contribution < 1.29 is 9.15 Å². The molecule has 0 atom stereocenters. The molecule has 1 N–H and O–H groups in total. The number of nitrogens with one attached hydrogen (secondary N) is 1. The van der Waals surface area contributed by atoms with Crippen LogP contribution in [-0.2, 0) is 11.3 Å². The molecule has 0 radical (unpaired) electrons. The lowest BCUT2D eigenvalue weighted by atomic mass is 10.4. The molecule has 3 nitrogen and oxygen atoms in total. The Bertz CT molecular complexity index is 225. The molecule has 12 heavy (non-hydrogen) atoms. The van der Waals surface area contributed by atoms with Crippen LogP contribution in [-0.4, -0.2) is 20.3 Å². The highest BCUT2D eigenvalue weighted by Gasteiger charge is 1.97. The summed E-state index contributed by atoms with van der Waals surface area (Å²) in [7, 11) is 1.69. The molecule has 0 aliphatic heterocycles. The summed E-state index contributed by atoms with van der Waals surface area (Å²) in [6.45, 7) is 2.31. The van der Waals surface area contributed by atoms with E-state index in [1.165, 1.54) is 0 Å². The smallest absolute Gasteiger partial charge is 0.169 e. The summed E-state index contributed by atoms with van der Waals surface area (Å²) >= 11 is 3.24. The Balaban J connectivity index is 2.15. The molecular weight excluding hydrogens is 222 g/mol. The number of rotatable bonds is 5. The van der Waals surface area contributed by atoms with E-state index in [1.54, 1.807) is 7.11 Å². The van der Waals surface area contributed by atoms with Gasteiger partial charge in [-0.05, 0) is 28.1 Å². The maximum atomic E-state index is 5.28. The summed E-state index contributed by atoms with van der Waals surface area (Å²) in [5, 5.41) is 3.18. The van der Waals surface area contributed by atoms with E-state index < -0.39 is 0 Å². The second kappa shape index (κ2) is 5.35. The molecule has 1 heterocycles. The Hall–Kier alpha value is -0.320. The van der Waals surface area contributed by atoms with Crippen molar-refractivity contribution in [2.75, 3.05) is 20.3 Å². The van der Waals surface area contributed by atoms with Gasteiger partial charge in [-0.15, -0.1) is 0 Å². The van der Waals surface area contributed by atoms with Gasteiger partial charge in [0.25, 0.3) is 0 Å². The Morgan fingerprint density at radius 1 is 1.58 bits per heavy atom. The van der Waals surface area contributed by atoms with Crippen LogP contribution < -0.4 is 5.32 Å². The van der Waals surface area contributed by atoms with Crippen molar-refractivity contribution in [2.45, 2.75) is 6.54 Å². The lowest BCUT2D eigenvalue weighted by Gasteiger charge is -2.00. The quantitative estimate of drug-likeness (QED) is 0.788. The fraction of sp³-hybridized carbons (Fsp3) is 0.500. The third-order valence-electron chi connectivity index (χ3n) is 1.41. The van der Waals surface area contributed by atoms with Crippen molar-refractivity contribution in [1.82, 2.24) is 5.32 Å². The zero-order valence-electron chi connectivity index (χ0n) is 6.97. The van der Waals surface area contributed by atoms with Crippen LogP contribution in [0.5, 0.6) is 0 Å². The number of hydrogen-bond donors (Lipinski definition) is 1. The van der Waals surface area contributed by atoms with Gasteiger partial charge in [0.1, 0.15) is 5.76 Å². The lowest BCUT2D eigenvalue weighted by molar-refractivity contribution is 0.198. The molecule has 0 aromatic carbocycles. The molecule has 1 aromatic rings. The Morgan fingerprint density at radius 2 is 2.42 bits per heavy atom. The van der Waals surface area contributed by atoms with E-state index in [0.29, 0.717) is 0 Å². The minimum absolute atomic E-state index is 0.724. The average molecular weight is 234 g/mol. The third-order valence-corrected chi connectivity index (χ3v) is 1.84. The fourth-order valence-corrected chi connectivity index (χ4v) is 1.17. The van der Waals surface area contributed by atoms with E-state index in [1.807, 2.05) is 12.1 Å². The monoisotopic (exact) mass is 233 g/mol. The zero-order chi connectivity index (χ0) is 8.81. The molecule has 1 rings (SSSR count). The van der Waals surface area contributed by atoms with Crippen LogP contribution in [0.15, 0.2) is 21.2 Å². The minimum atomic E-state index is 0.724. The molecule has 0 fully saturated rings. The van der Waals surface area contributed by atoms with Crippen LogP contribution in [0.1, 0.15) is 5.76 Å². The van der Waals surface area contributed by atoms with Crippen molar-refractivity contribution in [3.05, 3.63) is 22.6 Å². The van der Waals surface area contributed by atoms with Crippen molar-refractivity contribution >= 4 is 15.9 Å². The minimum Gasteiger partial charge on any atom is -0.453 e. The van der Waals surface area contributed by atoms with Crippen molar-refractivity contribution in [3.63, 3.8) is 0 Å². The highest BCUT2D eigenvalue weighted by atomic mass is 79.9. The average Bonchev–Trinajstić information content (AvgIpc) is 2.45. The largest absolute Gasteiger partial charge is 0.453 e. The summed E-state index contributed by atoms with van der Waals surface area (Å²) in [5.41, 5.74) is 0. The van der Waals surface area contributed by atoms with Crippen LogP contribution in [0.25, 0.3) is 0 Å². The van der Waals surface area contributed by atoms with E-state index in [-0.39, 0.29) is 0 Å². The summed E-state index contributed by atoms with van der Waals surface area (Å²) < 4.78 is 10.9. The second-order valence-corrected chi connectivity index (χ2v) is 3.16. The Kier molecular flexibility index (Phi) is 4.35. The highest BCUT2D eigenvalue weighted by Crippen LogP contribution is 2.13. The van der Waals surface area contributed by atoms with E-state index in [9.17, 15) is 0 Å². The van der Waals surface area contributed by atoms with Crippen molar-refractivity contribution in [3.8, 4) is 0 Å². The molecule has 68 valence electrons. The number of halogens is 1. The van der Waals surface area contributed by atoms with Gasteiger partial charge in [0.05, 0.1) is 13.2 Å². The van der Waals surface area contributed by atoms with Gasteiger partial charge in [0, 0.05) is 13.7 Å². The van der Waals surface area contributed by atoms with Crippen molar-refractivity contribution in [1.29, 1.82) is 0 Å². The lowest BCUT2D eigenvalue weighted by Crippen LogP contribution is -2.18. The van der Waals surface area contributed by atoms with Gasteiger partial charge >= 0.3 is 0 Å². The molecule has 0 amide bonds.